The van der Waals surface area contributed by atoms with Crippen LogP contribution in [0, 0.1) is 0 Å². The minimum atomic E-state index is -2.62. The third-order valence-corrected chi connectivity index (χ3v) is 4.24. The van der Waals surface area contributed by atoms with Crippen molar-refractivity contribution >= 4 is 11.0 Å². The van der Waals surface area contributed by atoms with Crippen LogP contribution in [-0.4, -0.2) is 19.7 Å². The summed E-state index contributed by atoms with van der Waals surface area (Å²) in [4.78, 5) is 7.58. The van der Waals surface area contributed by atoms with Gasteiger partial charge < -0.3 is 4.98 Å². The van der Waals surface area contributed by atoms with Crippen molar-refractivity contribution < 1.29 is 8.78 Å². The predicted octanol–water partition coefficient (Wildman–Crippen LogP) is 4.09. The van der Waals surface area contributed by atoms with Crippen LogP contribution < -0.4 is 0 Å². The zero-order chi connectivity index (χ0) is 14.4. The predicted molar refractivity (Wildman–Crippen MR) is 75.2 cm³/mol. The monoisotopic (exact) mass is 288 g/mol. The number of hydrogen-bond acceptors (Lipinski definition) is 2. The first-order chi connectivity index (χ1) is 10.2. The maximum absolute atomic E-state index is 12.6. The minimum Gasteiger partial charge on any atom is -0.346 e. The fourth-order valence-corrected chi connectivity index (χ4v) is 2.83. The van der Waals surface area contributed by atoms with Crippen LogP contribution in [0.25, 0.3) is 22.2 Å². The van der Waals surface area contributed by atoms with Crippen molar-refractivity contribution in [3.05, 3.63) is 36.4 Å². The Kier molecular flexibility index (Phi) is 2.77. The Hall–Kier alpha value is -2.24. The van der Waals surface area contributed by atoms with Crippen molar-refractivity contribution in [1.29, 1.82) is 0 Å². The van der Waals surface area contributed by atoms with Gasteiger partial charge in [0.15, 0.2) is 0 Å². The van der Waals surface area contributed by atoms with Crippen molar-refractivity contribution in [2.45, 2.75) is 31.7 Å². The van der Waals surface area contributed by atoms with Gasteiger partial charge in [-0.25, -0.2) is 9.67 Å². The van der Waals surface area contributed by atoms with E-state index in [0.29, 0.717) is 16.2 Å². The smallest absolute Gasteiger partial charge is 0.333 e. The Bertz CT molecular complexity index is 786. The van der Waals surface area contributed by atoms with Crippen molar-refractivity contribution in [2.75, 3.05) is 0 Å². The normalized spacial score (nSPS) is 15.8. The Labute approximate surface area is 119 Å². The summed E-state index contributed by atoms with van der Waals surface area (Å²) < 4.78 is 25.9. The van der Waals surface area contributed by atoms with E-state index < -0.39 is 6.55 Å². The highest BCUT2D eigenvalue weighted by molar-refractivity contribution is 5.85. The highest BCUT2D eigenvalue weighted by atomic mass is 19.3. The fraction of sp³-hybridized carbons (Fsp3) is 0.333. The lowest BCUT2D eigenvalue weighted by Crippen LogP contribution is -2.07. The zero-order valence-electron chi connectivity index (χ0n) is 11.3. The fourth-order valence-electron chi connectivity index (χ4n) is 2.83. The summed E-state index contributed by atoms with van der Waals surface area (Å²) in [5.74, 6) is 0.597. The van der Waals surface area contributed by atoms with Crippen LogP contribution in [0.5, 0.6) is 0 Å². The number of hydrogen-bond donors (Lipinski definition) is 1. The molecule has 0 unspecified atom stereocenters. The van der Waals surface area contributed by atoms with Gasteiger partial charge in [-0.15, -0.1) is 0 Å². The SMILES string of the molecule is FC(F)n1cc(-c2cnc3[nH]cc(C4CCC4)c3c2)cn1. The average molecular weight is 288 g/mol. The molecule has 0 aliphatic heterocycles. The van der Waals surface area contributed by atoms with Gasteiger partial charge in [-0.05, 0) is 30.4 Å². The average Bonchev–Trinajstić information content (AvgIpc) is 3.03. The van der Waals surface area contributed by atoms with Gasteiger partial charge in [0, 0.05) is 35.1 Å². The highest BCUT2D eigenvalue weighted by Crippen LogP contribution is 2.40. The molecule has 0 atom stereocenters. The molecule has 4 nitrogen and oxygen atoms in total. The molecule has 0 spiro atoms. The lowest BCUT2D eigenvalue weighted by molar-refractivity contribution is 0.0566. The molecule has 0 saturated heterocycles. The minimum absolute atomic E-state index is 0.597. The molecular formula is C15H14F2N4. The quantitative estimate of drug-likeness (QED) is 0.789. The number of nitrogens with one attached hydrogen (secondary N) is 1. The number of aromatic nitrogens is 4. The van der Waals surface area contributed by atoms with E-state index in [0.717, 1.165) is 16.6 Å². The molecule has 0 aromatic carbocycles. The van der Waals surface area contributed by atoms with Crippen LogP contribution in [0.4, 0.5) is 8.78 Å². The first kappa shape index (κ1) is 12.5. The molecule has 0 bridgehead atoms. The number of halogens is 2. The number of pyridine rings is 1. The summed E-state index contributed by atoms with van der Waals surface area (Å²) in [7, 11) is 0. The maximum Gasteiger partial charge on any atom is 0.333 e. The summed E-state index contributed by atoms with van der Waals surface area (Å²) >= 11 is 0. The number of rotatable bonds is 3. The van der Waals surface area contributed by atoms with Gasteiger partial charge in [0.25, 0.3) is 0 Å². The molecule has 3 aromatic heterocycles. The Morgan fingerprint density at radius 3 is 2.76 bits per heavy atom. The number of aromatic amines is 1. The van der Waals surface area contributed by atoms with E-state index in [2.05, 4.69) is 15.1 Å². The Balaban J connectivity index is 1.77. The lowest BCUT2D eigenvalue weighted by Gasteiger charge is -2.24. The molecular weight excluding hydrogens is 274 g/mol. The van der Waals surface area contributed by atoms with Crippen LogP contribution >= 0.6 is 0 Å². The van der Waals surface area contributed by atoms with E-state index >= 15 is 0 Å². The first-order valence-corrected chi connectivity index (χ1v) is 7.02. The molecule has 1 aliphatic carbocycles. The van der Waals surface area contributed by atoms with Crippen molar-refractivity contribution in [2.24, 2.45) is 0 Å². The molecule has 0 radical (unpaired) electrons. The van der Waals surface area contributed by atoms with Gasteiger partial charge in [-0.3, -0.25) is 0 Å². The van der Waals surface area contributed by atoms with E-state index in [4.69, 9.17) is 0 Å². The highest BCUT2D eigenvalue weighted by Gasteiger charge is 2.23. The van der Waals surface area contributed by atoms with Crippen LogP contribution in [0.3, 0.4) is 0 Å². The second-order valence-electron chi connectivity index (χ2n) is 5.48. The van der Waals surface area contributed by atoms with E-state index in [-0.39, 0.29) is 0 Å². The van der Waals surface area contributed by atoms with E-state index in [1.165, 1.54) is 37.2 Å². The molecule has 3 aromatic rings. The lowest BCUT2D eigenvalue weighted by atomic mass is 9.80. The molecule has 108 valence electrons. The van der Waals surface area contributed by atoms with Crippen molar-refractivity contribution in [1.82, 2.24) is 19.7 Å². The van der Waals surface area contributed by atoms with Crippen LogP contribution in [0.15, 0.2) is 30.9 Å². The number of alkyl halides is 2. The van der Waals surface area contributed by atoms with Crippen LogP contribution in [0.1, 0.15) is 37.3 Å². The molecule has 0 amide bonds. The molecule has 1 saturated carbocycles. The van der Waals surface area contributed by atoms with Crippen molar-refractivity contribution in [3.63, 3.8) is 0 Å². The van der Waals surface area contributed by atoms with Gasteiger partial charge >= 0.3 is 6.55 Å². The number of H-pyrrole nitrogens is 1. The third kappa shape index (κ3) is 2.02. The maximum atomic E-state index is 12.6. The zero-order valence-corrected chi connectivity index (χ0v) is 11.3. The molecule has 6 heteroatoms. The summed E-state index contributed by atoms with van der Waals surface area (Å²) in [6, 6.07) is 2.01. The molecule has 3 heterocycles. The van der Waals surface area contributed by atoms with E-state index in [1.54, 1.807) is 6.20 Å². The second kappa shape index (κ2) is 4.65. The summed E-state index contributed by atoms with van der Waals surface area (Å²) in [6.45, 7) is -2.62. The molecule has 4 rings (SSSR count). The van der Waals surface area contributed by atoms with Gasteiger partial charge in [0.05, 0.1) is 6.20 Å². The summed E-state index contributed by atoms with van der Waals surface area (Å²) in [5, 5.41) is 4.76. The van der Waals surface area contributed by atoms with Gasteiger partial charge in [0.2, 0.25) is 0 Å². The van der Waals surface area contributed by atoms with Gasteiger partial charge in [-0.1, -0.05) is 6.42 Å². The molecule has 1 fully saturated rings. The van der Waals surface area contributed by atoms with E-state index in [9.17, 15) is 8.78 Å². The first-order valence-electron chi connectivity index (χ1n) is 7.02. The summed E-state index contributed by atoms with van der Waals surface area (Å²) in [5.41, 5.74) is 3.61. The number of nitrogens with zero attached hydrogens (tertiary/aromatic N) is 3. The standard InChI is InChI=1S/C15H14F2N4/c16-15(17)21-8-11(6-20-21)10-4-12-13(9-2-1-3-9)7-19-14(12)18-5-10/h4-9,15H,1-3H2,(H,18,19). The van der Waals surface area contributed by atoms with Gasteiger partial charge in [0.1, 0.15) is 5.65 Å². The Morgan fingerprint density at radius 1 is 1.24 bits per heavy atom. The topological polar surface area (TPSA) is 46.5 Å². The van der Waals surface area contributed by atoms with Crippen LogP contribution in [-0.2, 0) is 0 Å². The second-order valence-corrected chi connectivity index (χ2v) is 5.48. The molecule has 1 N–H and O–H groups in total. The van der Waals surface area contributed by atoms with E-state index in [1.807, 2.05) is 12.3 Å². The van der Waals surface area contributed by atoms with Crippen molar-refractivity contribution in [3.8, 4) is 11.1 Å². The Morgan fingerprint density at radius 2 is 2.10 bits per heavy atom. The third-order valence-electron chi connectivity index (χ3n) is 4.24. The number of fused-ring (bicyclic) bond motifs is 1. The molecule has 21 heavy (non-hydrogen) atoms. The largest absolute Gasteiger partial charge is 0.346 e. The van der Waals surface area contributed by atoms with Crippen LogP contribution in [0.2, 0.25) is 0 Å². The van der Waals surface area contributed by atoms with Gasteiger partial charge in [-0.2, -0.15) is 13.9 Å². The molecule has 1 aliphatic rings. The summed E-state index contributed by atoms with van der Waals surface area (Å²) in [6.07, 6.45) is 10.2.